The predicted octanol–water partition coefficient (Wildman–Crippen LogP) is 6.52. The van der Waals surface area contributed by atoms with Crippen LogP contribution in [0, 0.1) is 5.92 Å². The molecule has 1 aliphatic heterocycles. The van der Waals surface area contributed by atoms with Gasteiger partial charge in [0.15, 0.2) is 0 Å². The van der Waals surface area contributed by atoms with Gasteiger partial charge in [-0.05, 0) is 85.6 Å². The lowest BCUT2D eigenvalue weighted by Crippen LogP contribution is -2.40. The van der Waals surface area contributed by atoms with Crippen LogP contribution in [0.2, 0.25) is 0 Å². The number of likely N-dealkylation sites (tertiary alicyclic amines) is 1. The predicted molar refractivity (Wildman–Crippen MR) is 201 cm³/mol. The van der Waals surface area contributed by atoms with Crippen LogP contribution in [0.15, 0.2) is 109 Å². The molecule has 1 heterocycles. The molecule has 52 heavy (non-hydrogen) atoms. The van der Waals surface area contributed by atoms with Crippen molar-refractivity contribution in [2.24, 2.45) is 5.92 Å². The van der Waals surface area contributed by atoms with E-state index in [1.165, 1.54) is 5.56 Å². The molecule has 9 heteroatoms. The second kappa shape index (κ2) is 19.9. The number of carbonyl (C=O) groups is 2. The maximum atomic E-state index is 13.8. The van der Waals surface area contributed by atoms with Gasteiger partial charge in [0.05, 0.1) is 19.3 Å². The minimum Gasteiger partial charge on any atom is -0.489 e. The first kappa shape index (κ1) is 38.7. The lowest BCUT2D eigenvalue weighted by Gasteiger charge is -2.33. The van der Waals surface area contributed by atoms with Crippen LogP contribution in [0.4, 0.5) is 0 Å². The summed E-state index contributed by atoms with van der Waals surface area (Å²) in [6.45, 7) is 6.93. The monoisotopic (exact) mass is 708 g/mol. The fourth-order valence-corrected chi connectivity index (χ4v) is 6.40. The van der Waals surface area contributed by atoms with Gasteiger partial charge in [0.1, 0.15) is 12.4 Å². The van der Waals surface area contributed by atoms with Crippen molar-refractivity contribution in [2.45, 2.75) is 57.5 Å². The van der Waals surface area contributed by atoms with E-state index in [2.05, 4.69) is 41.4 Å². The second-order valence-electron chi connectivity index (χ2n) is 13.4. The molecule has 1 saturated heterocycles. The number of methoxy groups -OCH3 is 1. The van der Waals surface area contributed by atoms with E-state index in [9.17, 15) is 14.7 Å². The Morgan fingerprint density at radius 1 is 0.885 bits per heavy atom. The smallest absolute Gasteiger partial charge is 0.347 e. The van der Waals surface area contributed by atoms with Crippen LogP contribution in [-0.4, -0.2) is 74.6 Å². The van der Waals surface area contributed by atoms with Gasteiger partial charge >= 0.3 is 5.97 Å². The average molecular weight is 709 g/mol. The number of nitrogens with one attached hydrogen (secondary N) is 1. The number of amides is 1. The molecule has 2 N–H and O–H groups in total. The highest BCUT2D eigenvalue weighted by Gasteiger charge is 2.42. The number of piperidine rings is 1. The Morgan fingerprint density at radius 2 is 1.58 bits per heavy atom. The summed E-state index contributed by atoms with van der Waals surface area (Å²) in [6, 6.07) is 33.5. The molecule has 4 aromatic carbocycles. The number of ether oxygens (including phenoxy) is 4. The van der Waals surface area contributed by atoms with Crippen LogP contribution in [0.1, 0.15) is 65.2 Å². The van der Waals surface area contributed by atoms with Gasteiger partial charge in [-0.15, -0.1) is 0 Å². The Hall–Kier alpha value is -4.54. The minimum absolute atomic E-state index is 0.0587. The summed E-state index contributed by atoms with van der Waals surface area (Å²) in [7, 11) is 1.64. The first-order valence-electron chi connectivity index (χ1n) is 18.3. The average Bonchev–Trinajstić information content (AvgIpc) is 3.19. The van der Waals surface area contributed by atoms with Gasteiger partial charge in [-0.3, -0.25) is 9.69 Å². The standard InChI is InChI=1S/C43H52N2O7/c1-3-27-50-40(32-49-2)21-24-44-41(46)36-19-17-34(18-20-36)30-51-39-16-10-15-38(28-39)43(48,37-13-8-5-9-14-37)42(47)52-31-35-22-25-45(26-23-35)29-33-11-6-4-7-12-33/h4-20,28,35,40,48H,3,21-27,29-32H2,1-2H3,(H,44,46)/t40?,43-/m0/s1. The Balaban J connectivity index is 1.16. The molecule has 0 aromatic heterocycles. The Kier molecular flexibility index (Phi) is 14.8. The molecule has 9 nitrogen and oxygen atoms in total. The fraction of sp³-hybridized carbons (Fsp3) is 0.395. The van der Waals surface area contributed by atoms with Gasteiger partial charge in [0, 0.05) is 37.9 Å². The number of hydrogen-bond acceptors (Lipinski definition) is 8. The molecule has 1 aliphatic rings. The molecule has 2 atom stereocenters. The molecular formula is C43H52N2O7. The van der Waals surface area contributed by atoms with Crippen molar-refractivity contribution < 1.29 is 33.6 Å². The third kappa shape index (κ3) is 11.0. The lowest BCUT2D eigenvalue weighted by molar-refractivity contribution is -0.164. The molecule has 1 amide bonds. The number of esters is 1. The minimum atomic E-state index is -2.02. The number of aliphatic hydroxyl groups is 1. The molecule has 4 aromatic rings. The van der Waals surface area contributed by atoms with Gasteiger partial charge in [0.25, 0.3) is 5.91 Å². The second-order valence-corrected chi connectivity index (χ2v) is 13.4. The van der Waals surface area contributed by atoms with Crippen LogP contribution in [0.3, 0.4) is 0 Å². The highest BCUT2D eigenvalue weighted by atomic mass is 16.6. The summed E-state index contributed by atoms with van der Waals surface area (Å²) in [4.78, 5) is 28.9. The molecule has 5 rings (SSSR count). The van der Waals surface area contributed by atoms with Crippen molar-refractivity contribution in [2.75, 3.05) is 46.6 Å². The number of nitrogens with zero attached hydrogens (tertiary/aromatic N) is 1. The van der Waals surface area contributed by atoms with Crippen molar-refractivity contribution in [3.05, 3.63) is 137 Å². The molecule has 0 aliphatic carbocycles. The van der Waals surface area contributed by atoms with Crippen molar-refractivity contribution in [1.29, 1.82) is 0 Å². The summed E-state index contributed by atoms with van der Waals surface area (Å²) in [5.41, 5.74) is 1.47. The van der Waals surface area contributed by atoms with Crippen molar-refractivity contribution in [3.63, 3.8) is 0 Å². The number of carbonyl (C=O) groups excluding carboxylic acids is 2. The fourth-order valence-electron chi connectivity index (χ4n) is 6.40. The van der Waals surface area contributed by atoms with E-state index in [0.717, 1.165) is 44.5 Å². The van der Waals surface area contributed by atoms with E-state index in [4.69, 9.17) is 18.9 Å². The largest absolute Gasteiger partial charge is 0.489 e. The summed E-state index contributed by atoms with van der Waals surface area (Å²) in [5.74, 6) is -0.156. The molecule has 0 saturated carbocycles. The number of benzene rings is 4. The van der Waals surface area contributed by atoms with Crippen LogP contribution < -0.4 is 10.1 Å². The Bertz CT molecular complexity index is 1660. The molecule has 0 spiro atoms. The van der Waals surface area contributed by atoms with Gasteiger partial charge in [0.2, 0.25) is 5.60 Å². The zero-order chi connectivity index (χ0) is 36.6. The van der Waals surface area contributed by atoms with Crippen LogP contribution in [0.5, 0.6) is 5.75 Å². The Morgan fingerprint density at radius 3 is 2.27 bits per heavy atom. The van der Waals surface area contributed by atoms with Crippen LogP contribution in [0.25, 0.3) is 0 Å². The molecule has 1 fully saturated rings. The van der Waals surface area contributed by atoms with Crippen LogP contribution >= 0.6 is 0 Å². The van der Waals surface area contributed by atoms with Crippen molar-refractivity contribution >= 4 is 11.9 Å². The summed E-state index contributed by atoms with van der Waals surface area (Å²) < 4.78 is 23.0. The van der Waals surface area contributed by atoms with E-state index < -0.39 is 11.6 Å². The third-order valence-corrected chi connectivity index (χ3v) is 9.43. The van der Waals surface area contributed by atoms with Crippen molar-refractivity contribution in [1.82, 2.24) is 10.2 Å². The number of rotatable bonds is 19. The maximum absolute atomic E-state index is 13.8. The van der Waals surface area contributed by atoms with Gasteiger partial charge in [-0.25, -0.2) is 4.79 Å². The van der Waals surface area contributed by atoms with E-state index in [1.54, 1.807) is 67.8 Å². The third-order valence-electron chi connectivity index (χ3n) is 9.43. The maximum Gasteiger partial charge on any atom is 0.347 e. The Labute approximate surface area is 307 Å². The molecule has 1 unspecified atom stereocenters. The van der Waals surface area contributed by atoms with E-state index in [-0.39, 0.29) is 31.1 Å². The van der Waals surface area contributed by atoms with E-state index in [0.29, 0.717) is 48.6 Å². The van der Waals surface area contributed by atoms with Gasteiger partial charge in [-0.1, -0.05) is 91.9 Å². The first-order chi connectivity index (χ1) is 25.4. The van der Waals surface area contributed by atoms with Crippen molar-refractivity contribution in [3.8, 4) is 5.75 Å². The first-order valence-corrected chi connectivity index (χ1v) is 18.3. The summed E-state index contributed by atoms with van der Waals surface area (Å²) in [5, 5.41) is 15.1. The topological polar surface area (TPSA) is 107 Å². The zero-order valence-corrected chi connectivity index (χ0v) is 30.4. The summed E-state index contributed by atoms with van der Waals surface area (Å²) in [6.07, 6.45) is 3.37. The van der Waals surface area contributed by atoms with Gasteiger partial charge in [-0.2, -0.15) is 0 Å². The summed E-state index contributed by atoms with van der Waals surface area (Å²) >= 11 is 0. The molecular weight excluding hydrogens is 656 g/mol. The van der Waals surface area contributed by atoms with Crippen LogP contribution in [-0.2, 0) is 37.8 Å². The SMILES string of the molecule is CCCOC(CCNC(=O)c1ccc(COc2cccc([C@](O)(C(=O)OCC3CCN(Cc4ccccc4)CC3)c3ccccc3)c2)cc1)COC. The molecule has 0 bridgehead atoms. The highest BCUT2D eigenvalue weighted by molar-refractivity contribution is 5.94. The van der Waals surface area contributed by atoms with Gasteiger partial charge < -0.3 is 29.4 Å². The quantitative estimate of drug-likeness (QED) is 0.106. The van der Waals surface area contributed by atoms with E-state index >= 15 is 0 Å². The zero-order valence-electron chi connectivity index (χ0n) is 30.4. The highest BCUT2D eigenvalue weighted by Crippen LogP contribution is 2.34. The normalized spacial score (nSPS) is 15.4. The lowest BCUT2D eigenvalue weighted by atomic mass is 9.86. The molecule has 0 radical (unpaired) electrons. The number of hydrogen-bond donors (Lipinski definition) is 2. The molecule has 276 valence electrons. The van der Waals surface area contributed by atoms with E-state index in [1.807, 2.05) is 24.3 Å².